The molecule has 0 spiro atoms. The van der Waals surface area contributed by atoms with Gasteiger partial charge in [0.05, 0.1) is 0 Å². The third kappa shape index (κ3) is 21.1. The second kappa shape index (κ2) is 17.8. The van der Waals surface area contributed by atoms with E-state index < -0.39 is 0 Å². The molecule has 0 radical (unpaired) electrons. The fourth-order valence-electron chi connectivity index (χ4n) is 1.46. The van der Waals surface area contributed by atoms with Crippen molar-refractivity contribution < 1.29 is 9.59 Å². The number of hydrogen-bond donors (Lipinski definition) is 6. The fourth-order valence-corrected chi connectivity index (χ4v) is 1.46. The van der Waals surface area contributed by atoms with E-state index in [1.807, 2.05) is 0 Å². The predicted molar refractivity (Wildman–Crippen MR) is 89.4 cm³/mol. The number of amides is 2. The van der Waals surface area contributed by atoms with Crippen molar-refractivity contribution in [2.45, 2.75) is 58.9 Å². The van der Waals surface area contributed by atoms with Gasteiger partial charge in [-0.3, -0.25) is 20.4 Å². The lowest BCUT2D eigenvalue weighted by molar-refractivity contribution is -0.122. The van der Waals surface area contributed by atoms with E-state index in [1.54, 1.807) is 0 Å². The molecular weight excluding hydrogens is 284 g/mol. The molecular formula is C14H34N6O2. The zero-order valence-electron chi connectivity index (χ0n) is 14.2. The number of hydrogen-bond acceptors (Lipinski definition) is 6. The average Bonchev–Trinajstić information content (AvgIpc) is 2.51. The van der Waals surface area contributed by atoms with Crippen LogP contribution in [0.1, 0.15) is 52.9 Å². The number of nitrogens with one attached hydrogen (secondary N) is 4. The van der Waals surface area contributed by atoms with E-state index in [9.17, 15) is 9.59 Å². The Morgan fingerprint density at radius 2 is 1.41 bits per heavy atom. The van der Waals surface area contributed by atoms with Crippen LogP contribution in [-0.4, -0.2) is 37.5 Å². The smallest absolute Gasteiger partial charge is 0.233 e. The summed E-state index contributed by atoms with van der Waals surface area (Å²) in [6.07, 6.45) is 3.82. The summed E-state index contributed by atoms with van der Waals surface area (Å²) < 4.78 is 0. The lowest BCUT2D eigenvalue weighted by Gasteiger charge is -2.06. The van der Waals surface area contributed by atoms with Crippen LogP contribution in [0, 0.1) is 0 Å². The Kier molecular flexibility index (Phi) is 18.7. The Hall–Kier alpha value is -1.22. The van der Waals surface area contributed by atoms with E-state index in [1.165, 1.54) is 0 Å². The summed E-state index contributed by atoms with van der Waals surface area (Å²) in [6, 6.07) is 0.482. The van der Waals surface area contributed by atoms with Crippen LogP contribution in [0.5, 0.6) is 0 Å². The van der Waals surface area contributed by atoms with Gasteiger partial charge in [-0.05, 0) is 38.9 Å². The average molecular weight is 318 g/mol. The maximum atomic E-state index is 10.6. The summed E-state index contributed by atoms with van der Waals surface area (Å²) in [5.41, 5.74) is 4.18. The zero-order chi connectivity index (χ0) is 17.2. The van der Waals surface area contributed by atoms with Gasteiger partial charge in [0.2, 0.25) is 11.8 Å². The van der Waals surface area contributed by atoms with Gasteiger partial charge >= 0.3 is 0 Å². The molecule has 0 aromatic heterocycles. The summed E-state index contributed by atoms with van der Waals surface area (Å²) in [4.78, 5) is 21.2. The minimum Gasteiger partial charge on any atom is -0.317 e. The Labute approximate surface area is 134 Å². The minimum atomic E-state index is -0.101. The topological polar surface area (TPSA) is 134 Å². The van der Waals surface area contributed by atoms with Gasteiger partial charge in [-0.1, -0.05) is 20.8 Å². The maximum Gasteiger partial charge on any atom is 0.233 e. The molecule has 0 aromatic carbocycles. The highest BCUT2D eigenvalue weighted by Crippen LogP contribution is 1.87. The molecule has 0 heterocycles. The molecule has 8 N–H and O–H groups in total. The van der Waals surface area contributed by atoms with Gasteiger partial charge in [0.1, 0.15) is 0 Å². The molecule has 8 nitrogen and oxygen atoms in total. The minimum absolute atomic E-state index is 0.0942. The highest BCUT2D eigenvalue weighted by atomic mass is 16.2. The van der Waals surface area contributed by atoms with Crippen molar-refractivity contribution >= 4 is 11.8 Å². The van der Waals surface area contributed by atoms with Crippen molar-refractivity contribution in [2.24, 2.45) is 11.7 Å². The molecule has 2 amide bonds. The van der Waals surface area contributed by atoms with E-state index in [-0.39, 0.29) is 11.8 Å². The van der Waals surface area contributed by atoms with Crippen LogP contribution in [0.25, 0.3) is 0 Å². The lowest BCUT2D eigenvalue weighted by Crippen LogP contribution is -2.31. The molecule has 0 saturated heterocycles. The van der Waals surface area contributed by atoms with Gasteiger partial charge in [0.15, 0.2) is 0 Å². The molecule has 0 atom stereocenters. The maximum absolute atomic E-state index is 10.6. The molecule has 0 saturated carbocycles. The van der Waals surface area contributed by atoms with Crippen LogP contribution >= 0.6 is 0 Å². The summed E-state index contributed by atoms with van der Waals surface area (Å²) in [5, 5.41) is 6.40. The number of carbonyl (C=O) groups is 2. The van der Waals surface area contributed by atoms with Crippen molar-refractivity contribution in [3.05, 3.63) is 0 Å². The molecule has 0 unspecified atom stereocenters. The Balaban J connectivity index is 0. The first kappa shape index (κ1) is 23.1. The van der Waals surface area contributed by atoms with Gasteiger partial charge in [-0.15, -0.1) is 0 Å². The second-order valence-corrected chi connectivity index (χ2v) is 5.20. The normalized spacial score (nSPS) is 9.91. The van der Waals surface area contributed by atoms with Crippen LogP contribution in [0.4, 0.5) is 0 Å². The highest BCUT2D eigenvalue weighted by Gasteiger charge is 1.97. The monoisotopic (exact) mass is 318 g/mol. The lowest BCUT2D eigenvalue weighted by atomic mass is 10.3. The molecule has 0 bridgehead atoms. The zero-order valence-corrected chi connectivity index (χ0v) is 14.2. The van der Waals surface area contributed by atoms with E-state index >= 15 is 0 Å². The summed E-state index contributed by atoms with van der Waals surface area (Å²) in [7, 11) is 0. The Morgan fingerprint density at radius 3 is 1.82 bits per heavy atom. The molecule has 0 rings (SSSR count). The molecule has 0 aliphatic rings. The van der Waals surface area contributed by atoms with E-state index in [2.05, 4.69) is 42.3 Å². The van der Waals surface area contributed by atoms with Crippen molar-refractivity contribution in [1.82, 2.24) is 21.5 Å². The third-order valence-electron chi connectivity index (χ3n) is 2.64. The summed E-state index contributed by atoms with van der Waals surface area (Å²) in [6.45, 7) is 9.03. The van der Waals surface area contributed by atoms with Crippen molar-refractivity contribution in [1.29, 1.82) is 0 Å². The SMILES string of the molecule is CC(C)NCCCC(=O)NN.CCCNCCCC(=O)NN. The van der Waals surface area contributed by atoms with Gasteiger partial charge in [0.25, 0.3) is 0 Å². The van der Waals surface area contributed by atoms with Crippen LogP contribution < -0.4 is 33.2 Å². The third-order valence-corrected chi connectivity index (χ3v) is 2.64. The predicted octanol–water partition coefficient (Wildman–Crippen LogP) is -0.489. The molecule has 132 valence electrons. The van der Waals surface area contributed by atoms with Crippen LogP contribution in [0.2, 0.25) is 0 Å². The quantitative estimate of drug-likeness (QED) is 0.132. The molecule has 0 aromatic rings. The van der Waals surface area contributed by atoms with Gasteiger partial charge in [-0.2, -0.15) is 0 Å². The van der Waals surface area contributed by atoms with E-state index in [4.69, 9.17) is 11.7 Å². The second-order valence-electron chi connectivity index (χ2n) is 5.20. The van der Waals surface area contributed by atoms with Gasteiger partial charge in [-0.25, -0.2) is 11.7 Å². The fraction of sp³-hybridized carbons (Fsp3) is 0.857. The first-order chi connectivity index (χ1) is 10.5. The van der Waals surface area contributed by atoms with E-state index in [0.717, 1.165) is 38.9 Å². The van der Waals surface area contributed by atoms with Crippen molar-refractivity contribution in [2.75, 3.05) is 19.6 Å². The number of rotatable bonds is 11. The molecule has 0 aliphatic carbocycles. The Morgan fingerprint density at radius 1 is 0.909 bits per heavy atom. The first-order valence-corrected chi connectivity index (χ1v) is 7.90. The summed E-state index contributed by atoms with van der Waals surface area (Å²) in [5.74, 6) is 9.59. The number of hydrazine groups is 2. The molecule has 0 fully saturated rings. The van der Waals surface area contributed by atoms with Crippen molar-refractivity contribution in [3.63, 3.8) is 0 Å². The standard InChI is InChI=1S/2C7H17N3O/c1-6(2)9-5-3-4-7(11)10-8;1-2-5-9-6-3-4-7(11)10-8/h6,9H,3-5,8H2,1-2H3,(H,10,11);9H,2-6,8H2,1H3,(H,10,11). The Bertz CT molecular complexity index is 274. The molecule has 8 heteroatoms. The molecule has 22 heavy (non-hydrogen) atoms. The number of carbonyl (C=O) groups excluding carboxylic acids is 2. The van der Waals surface area contributed by atoms with E-state index in [0.29, 0.717) is 18.9 Å². The molecule has 0 aliphatic heterocycles. The van der Waals surface area contributed by atoms with Gasteiger partial charge in [0, 0.05) is 18.9 Å². The van der Waals surface area contributed by atoms with Crippen LogP contribution in [0.15, 0.2) is 0 Å². The first-order valence-electron chi connectivity index (χ1n) is 7.90. The largest absolute Gasteiger partial charge is 0.317 e. The number of nitrogens with two attached hydrogens (primary N) is 2. The van der Waals surface area contributed by atoms with Crippen LogP contribution in [-0.2, 0) is 9.59 Å². The van der Waals surface area contributed by atoms with Crippen molar-refractivity contribution in [3.8, 4) is 0 Å². The summed E-state index contributed by atoms with van der Waals surface area (Å²) >= 11 is 0. The van der Waals surface area contributed by atoms with Gasteiger partial charge < -0.3 is 10.6 Å². The highest BCUT2D eigenvalue weighted by molar-refractivity contribution is 5.75. The van der Waals surface area contributed by atoms with Crippen LogP contribution in [0.3, 0.4) is 0 Å².